The molecule has 134 valence electrons. The lowest BCUT2D eigenvalue weighted by Gasteiger charge is -2.40. The van der Waals surface area contributed by atoms with Crippen LogP contribution in [0.5, 0.6) is 0 Å². The second kappa shape index (κ2) is 9.13. The number of aliphatic carboxylic acids is 1. The summed E-state index contributed by atoms with van der Waals surface area (Å²) in [6.45, 7) is 10.5. The van der Waals surface area contributed by atoms with Gasteiger partial charge in [0.25, 0.3) is 0 Å². The molecule has 0 saturated carbocycles. The molecule has 1 aliphatic rings. The van der Waals surface area contributed by atoms with Crippen LogP contribution in [0.3, 0.4) is 0 Å². The topological polar surface area (TPSA) is 78.4 Å². The number of aromatic nitrogens is 2. The molecule has 2 N–H and O–H groups in total. The van der Waals surface area contributed by atoms with Gasteiger partial charge in [-0.15, -0.1) is 13.2 Å². The fourth-order valence-electron chi connectivity index (χ4n) is 3.18. The molecule has 0 radical (unpaired) electrons. The van der Waals surface area contributed by atoms with E-state index in [1.807, 2.05) is 12.2 Å². The highest BCUT2D eigenvalue weighted by Crippen LogP contribution is 2.28. The van der Waals surface area contributed by atoms with Gasteiger partial charge in [-0.3, -0.25) is 9.69 Å². The number of rotatable bonds is 9. The minimum absolute atomic E-state index is 0.196. The Morgan fingerprint density at radius 2 is 2.04 bits per heavy atom. The first-order valence-corrected chi connectivity index (χ1v) is 8.45. The summed E-state index contributed by atoms with van der Waals surface area (Å²) >= 11 is 0. The van der Waals surface area contributed by atoms with E-state index in [0.29, 0.717) is 18.0 Å². The van der Waals surface area contributed by atoms with Crippen LogP contribution in [-0.4, -0.2) is 44.6 Å². The predicted octanol–water partition coefficient (Wildman–Crippen LogP) is 3.01. The van der Waals surface area contributed by atoms with Gasteiger partial charge in [-0.1, -0.05) is 23.8 Å². The first-order valence-electron chi connectivity index (χ1n) is 8.45. The van der Waals surface area contributed by atoms with E-state index in [-0.39, 0.29) is 6.54 Å². The summed E-state index contributed by atoms with van der Waals surface area (Å²) in [5.41, 5.74) is 2.40. The Morgan fingerprint density at radius 3 is 2.64 bits per heavy atom. The third kappa shape index (κ3) is 5.53. The van der Waals surface area contributed by atoms with Crippen molar-refractivity contribution in [3.63, 3.8) is 0 Å². The Morgan fingerprint density at radius 1 is 1.36 bits per heavy atom. The number of hydrogen-bond donors (Lipinski definition) is 2. The maximum atomic E-state index is 10.6. The highest BCUT2D eigenvalue weighted by molar-refractivity contribution is 5.71. The molecule has 1 aliphatic heterocycles. The molecule has 0 fully saturated rings. The van der Waals surface area contributed by atoms with Crippen molar-refractivity contribution in [2.24, 2.45) is 0 Å². The van der Waals surface area contributed by atoms with Crippen molar-refractivity contribution >= 4 is 11.9 Å². The molecule has 1 aromatic rings. The summed E-state index contributed by atoms with van der Waals surface area (Å²) in [6, 6.07) is 0.707. The molecule has 2 atom stereocenters. The highest BCUT2D eigenvalue weighted by atomic mass is 16.4. The van der Waals surface area contributed by atoms with Crippen LogP contribution in [-0.2, 0) is 11.3 Å². The first kappa shape index (κ1) is 18.9. The zero-order valence-corrected chi connectivity index (χ0v) is 14.7. The summed E-state index contributed by atoms with van der Waals surface area (Å²) in [5.74, 6) is -0.617. The third-order valence-corrected chi connectivity index (χ3v) is 4.24. The van der Waals surface area contributed by atoms with Crippen LogP contribution in [0.2, 0.25) is 0 Å². The van der Waals surface area contributed by atoms with Crippen LogP contribution in [0.1, 0.15) is 31.7 Å². The summed E-state index contributed by atoms with van der Waals surface area (Å²) < 4.78 is 0. The average molecular weight is 342 g/mol. The number of carboxylic acid groups (broad SMARTS) is 1. The molecular weight excluding hydrogens is 316 g/mol. The minimum Gasteiger partial charge on any atom is -0.480 e. The van der Waals surface area contributed by atoms with Gasteiger partial charge in [0.15, 0.2) is 0 Å². The molecule has 0 saturated heterocycles. The maximum Gasteiger partial charge on any atom is 0.322 e. The summed E-state index contributed by atoms with van der Waals surface area (Å²) in [7, 11) is 0. The lowest BCUT2D eigenvalue weighted by Crippen LogP contribution is -2.44. The summed E-state index contributed by atoms with van der Waals surface area (Å²) in [4.78, 5) is 21.4. The molecule has 25 heavy (non-hydrogen) atoms. The molecule has 0 aliphatic carbocycles. The molecule has 6 nitrogen and oxygen atoms in total. The first-order chi connectivity index (χ1) is 12.0. The fourth-order valence-corrected chi connectivity index (χ4v) is 3.18. The van der Waals surface area contributed by atoms with E-state index >= 15 is 0 Å². The zero-order chi connectivity index (χ0) is 18.2. The number of anilines is 1. The van der Waals surface area contributed by atoms with Crippen LogP contribution in [0.15, 0.2) is 49.4 Å². The Balaban J connectivity index is 2.11. The maximum absolute atomic E-state index is 10.6. The van der Waals surface area contributed by atoms with Crippen molar-refractivity contribution in [1.29, 1.82) is 0 Å². The van der Waals surface area contributed by atoms with E-state index < -0.39 is 5.97 Å². The minimum atomic E-state index is -0.942. The number of carboxylic acids is 1. The van der Waals surface area contributed by atoms with Gasteiger partial charge in [-0.2, -0.15) is 0 Å². The molecule has 0 aromatic carbocycles. The van der Waals surface area contributed by atoms with Crippen molar-refractivity contribution in [3.05, 3.63) is 54.9 Å². The lowest BCUT2D eigenvalue weighted by molar-refractivity contribution is -0.134. The van der Waals surface area contributed by atoms with Gasteiger partial charge >= 0.3 is 5.97 Å². The Kier molecular flexibility index (Phi) is 6.89. The zero-order valence-electron chi connectivity index (χ0n) is 14.7. The summed E-state index contributed by atoms with van der Waals surface area (Å²) in [5, 5.41) is 11.3. The number of hydrogen-bond acceptors (Lipinski definition) is 5. The van der Waals surface area contributed by atoms with Gasteiger partial charge in [0.2, 0.25) is 5.95 Å². The number of carbonyl (C=O) groups is 1. The molecule has 0 bridgehead atoms. The molecule has 2 rings (SSSR count). The van der Waals surface area contributed by atoms with Gasteiger partial charge < -0.3 is 10.4 Å². The second-order valence-electron chi connectivity index (χ2n) is 6.32. The molecule has 0 spiro atoms. The molecule has 1 aromatic heterocycles. The highest BCUT2D eigenvalue weighted by Gasteiger charge is 2.28. The van der Waals surface area contributed by atoms with Crippen molar-refractivity contribution in [3.8, 4) is 0 Å². The molecule has 0 amide bonds. The van der Waals surface area contributed by atoms with Crippen LogP contribution in [0, 0.1) is 0 Å². The van der Waals surface area contributed by atoms with Crippen LogP contribution < -0.4 is 5.32 Å². The normalized spacial score (nSPS) is 20.6. The van der Waals surface area contributed by atoms with Crippen LogP contribution >= 0.6 is 0 Å². The van der Waals surface area contributed by atoms with Gasteiger partial charge in [0.1, 0.15) is 6.54 Å². The molecule has 0 unspecified atom stereocenters. The monoisotopic (exact) mass is 342 g/mol. The number of nitrogens with one attached hydrogen (secondary N) is 1. The van der Waals surface area contributed by atoms with E-state index in [0.717, 1.165) is 31.4 Å². The lowest BCUT2D eigenvalue weighted by atomic mass is 9.92. The van der Waals surface area contributed by atoms with Crippen molar-refractivity contribution in [1.82, 2.24) is 14.9 Å². The van der Waals surface area contributed by atoms with E-state index in [1.165, 1.54) is 5.57 Å². The van der Waals surface area contributed by atoms with E-state index in [2.05, 4.69) is 46.3 Å². The van der Waals surface area contributed by atoms with Gasteiger partial charge in [-0.25, -0.2) is 9.97 Å². The van der Waals surface area contributed by atoms with Crippen molar-refractivity contribution in [2.45, 2.75) is 44.8 Å². The predicted molar refractivity (Wildman–Crippen MR) is 99.3 cm³/mol. The quantitative estimate of drug-likeness (QED) is 0.672. The summed E-state index contributed by atoms with van der Waals surface area (Å²) in [6.07, 6.45) is 12.6. The molecular formula is C19H26N4O2. The second-order valence-corrected chi connectivity index (χ2v) is 6.32. The Hall–Kier alpha value is -2.47. The largest absolute Gasteiger partial charge is 0.480 e. The molecule has 6 heteroatoms. The van der Waals surface area contributed by atoms with Gasteiger partial charge in [-0.05, 0) is 26.2 Å². The van der Waals surface area contributed by atoms with Crippen LogP contribution in [0.25, 0.3) is 0 Å². The van der Waals surface area contributed by atoms with Crippen molar-refractivity contribution < 1.29 is 9.90 Å². The van der Waals surface area contributed by atoms with Gasteiger partial charge in [0.05, 0.1) is 0 Å². The van der Waals surface area contributed by atoms with Crippen LogP contribution in [0.4, 0.5) is 5.95 Å². The van der Waals surface area contributed by atoms with E-state index in [1.54, 1.807) is 12.4 Å². The van der Waals surface area contributed by atoms with Gasteiger partial charge in [0, 0.05) is 36.6 Å². The third-order valence-electron chi connectivity index (χ3n) is 4.24. The van der Waals surface area contributed by atoms with E-state index in [9.17, 15) is 4.79 Å². The number of nitrogens with zero attached hydrogens (tertiary/aromatic N) is 3. The Bertz CT molecular complexity index is 639. The standard InChI is InChI=1S/C19H26N4O2/c1-4-6-16-8-14(3)9-17(7-5-2)23(16)13-15-10-20-19(21-11-15)22-12-18(24)25/h4-5,8,10-11,16-17H,1-2,6-7,9,12-13H2,3H3,(H,24,25)(H,20,21,22)/t16-,17-/m0/s1. The van der Waals surface area contributed by atoms with E-state index in [4.69, 9.17) is 5.11 Å². The SMILES string of the molecule is C=CC[C@H]1CC(C)=C[C@H](CC=C)N1Cc1cnc(NCC(=O)O)nc1. The Labute approximate surface area is 149 Å². The smallest absolute Gasteiger partial charge is 0.322 e. The average Bonchev–Trinajstić information content (AvgIpc) is 2.57. The molecule has 2 heterocycles. The van der Waals surface area contributed by atoms with Crippen molar-refractivity contribution in [2.75, 3.05) is 11.9 Å². The fraction of sp³-hybridized carbons (Fsp3) is 0.421.